The average molecular weight is 553 g/mol. The fourth-order valence-electron chi connectivity index (χ4n) is 2.34. The summed E-state index contributed by atoms with van der Waals surface area (Å²) in [6.45, 7) is 23.5. The summed E-state index contributed by atoms with van der Waals surface area (Å²) in [6, 6.07) is 0. The highest BCUT2D eigenvalue weighted by molar-refractivity contribution is 9.25. The van der Waals surface area contributed by atoms with E-state index < -0.39 is 16.6 Å². The molecule has 1 fully saturated rings. The Morgan fingerprint density at radius 3 is 1.54 bits per heavy atom. The molecule has 2 atom stereocenters. The highest BCUT2D eigenvalue weighted by atomic mass is 79.9. The van der Waals surface area contributed by atoms with Crippen LogP contribution in [0.25, 0.3) is 0 Å². The van der Waals surface area contributed by atoms with Crippen molar-refractivity contribution in [3.8, 4) is 0 Å². The molecule has 2 unspecified atom stereocenters. The highest BCUT2D eigenvalue weighted by Crippen LogP contribution is 2.63. The molecule has 1 rings (SSSR count). The second-order valence-corrected chi connectivity index (χ2v) is 24.4. The van der Waals surface area contributed by atoms with E-state index in [0.29, 0.717) is 27.8 Å². The monoisotopic (exact) mass is 550 g/mol. The lowest BCUT2D eigenvalue weighted by Crippen LogP contribution is -2.53. The van der Waals surface area contributed by atoms with Crippen LogP contribution in [0.15, 0.2) is 0 Å². The summed E-state index contributed by atoms with van der Waals surface area (Å²) in [7, 11) is -3.18. The fraction of sp³-hybridized carbons (Fsp3) is 1.00. The molecule has 7 heteroatoms. The minimum Gasteiger partial charge on any atom is -0.455 e. The lowest BCUT2D eigenvalue weighted by atomic mass is 10.2. The summed E-state index contributed by atoms with van der Waals surface area (Å²) in [4.78, 5) is 0. The number of aliphatic hydroxyl groups is 1. The van der Waals surface area contributed by atoms with Gasteiger partial charge in [0.05, 0.1) is 3.23 Å². The number of aliphatic hydroxyl groups excluding tert-OH is 1. The molecule has 0 amide bonds. The van der Waals surface area contributed by atoms with Crippen LogP contribution in [0.4, 0.5) is 0 Å². The second kappa shape index (κ2) is 9.61. The molecule has 0 saturated heterocycles. The lowest BCUT2D eigenvalue weighted by Gasteiger charge is -2.47. The first-order valence-electron chi connectivity index (χ1n) is 9.60. The maximum absolute atomic E-state index is 8.92. The van der Waals surface area contributed by atoms with Crippen molar-refractivity contribution >= 4 is 60.1 Å². The summed E-state index contributed by atoms with van der Waals surface area (Å²) in [5.74, 6) is 1.63. The van der Waals surface area contributed by atoms with Crippen LogP contribution in [0.2, 0.25) is 36.3 Å². The van der Waals surface area contributed by atoms with Gasteiger partial charge >= 0.3 is 0 Å². The van der Waals surface area contributed by atoms with Crippen molar-refractivity contribution in [1.29, 1.82) is 0 Å². The van der Waals surface area contributed by atoms with Gasteiger partial charge in [-0.3, -0.25) is 0 Å². The third-order valence-corrected chi connectivity index (χ3v) is 20.3. The lowest BCUT2D eigenvalue weighted by molar-refractivity contribution is 0.267. The predicted octanol–water partition coefficient (Wildman–Crippen LogP) is 7.74. The van der Waals surface area contributed by atoms with Crippen molar-refractivity contribution in [2.45, 2.75) is 93.9 Å². The van der Waals surface area contributed by atoms with E-state index >= 15 is 0 Å². The Balaban J connectivity index is 0.000000502. The van der Waals surface area contributed by atoms with E-state index in [-0.39, 0.29) is 9.84 Å². The number of hydrogen-bond donors (Lipinski definition) is 1. The molecule has 1 saturated carbocycles. The summed E-state index contributed by atoms with van der Waals surface area (Å²) in [5.41, 5.74) is 0. The molecule has 0 bridgehead atoms. The Morgan fingerprint density at radius 2 is 1.31 bits per heavy atom. The van der Waals surface area contributed by atoms with Gasteiger partial charge in [-0.05, 0) is 55.0 Å². The minimum absolute atomic E-state index is 0.000802. The second-order valence-electron chi connectivity index (χ2n) is 10.5. The van der Waals surface area contributed by atoms with Gasteiger partial charge in [-0.1, -0.05) is 73.4 Å². The van der Waals surface area contributed by atoms with E-state index in [1.165, 1.54) is 0 Å². The first-order valence-corrected chi connectivity index (χ1v) is 17.5. The molecule has 26 heavy (non-hydrogen) atoms. The van der Waals surface area contributed by atoms with Crippen LogP contribution in [0, 0.1) is 11.8 Å². The maximum Gasteiger partial charge on any atom is 0.178 e. The van der Waals surface area contributed by atoms with Gasteiger partial charge in [-0.15, -0.1) is 11.6 Å². The van der Waals surface area contributed by atoms with E-state index in [2.05, 4.69) is 99.6 Å². The van der Waals surface area contributed by atoms with Crippen LogP contribution >= 0.6 is 43.5 Å². The molecule has 1 aliphatic rings. The van der Waals surface area contributed by atoms with E-state index in [1.54, 1.807) is 0 Å². The zero-order valence-corrected chi connectivity index (χ0v) is 24.4. The number of rotatable bonds is 6. The maximum atomic E-state index is 8.92. The van der Waals surface area contributed by atoms with Crippen LogP contribution in [-0.2, 0) is 4.12 Å². The summed E-state index contributed by atoms with van der Waals surface area (Å²) < 4.78 is 6.63. The summed E-state index contributed by atoms with van der Waals surface area (Å²) in [6.07, 6.45) is 2.12. The molecule has 0 spiro atoms. The van der Waals surface area contributed by atoms with Crippen LogP contribution in [-0.4, -0.2) is 37.5 Å². The van der Waals surface area contributed by atoms with Crippen LogP contribution in [0.3, 0.4) is 0 Å². The third kappa shape index (κ3) is 7.45. The SMILES string of the molecule is CC(C)(C)[Si](C)(C)O[Si](C)(C)C(C)(C)C.OCC1C(CCCCl)C1(Br)Br. The third-order valence-electron chi connectivity index (χ3n) is 6.33. The first kappa shape index (κ1) is 27.6. The predicted molar refractivity (Wildman–Crippen MR) is 130 cm³/mol. The summed E-state index contributed by atoms with van der Waals surface area (Å²) >= 11 is 12.6. The number of alkyl halides is 3. The Hall–Kier alpha value is 1.60. The Morgan fingerprint density at radius 1 is 0.923 bits per heavy atom. The molecule has 1 aliphatic carbocycles. The molecule has 0 heterocycles. The zero-order valence-electron chi connectivity index (χ0n) is 18.5. The molecule has 2 nitrogen and oxygen atoms in total. The molecule has 1 N–H and O–H groups in total. The topological polar surface area (TPSA) is 29.5 Å². The molecule has 0 radical (unpaired) electrons. The van der Waals surface area contributed by atoms with Crippen molar-refractivity contribution in [1.82, 2.24) is 0 Å². The van der Waals surface area contributed by atoms with Crippen LogP contribution in [0.1, 0.15) is 54.4 Å². The Labute approximate surface area is 186 Å². The molecular weight excluding hydrogens is 512 g/mol. The van der Waals surface area contributed by atoms with Crippen molar-refractivity contribution in [3.63, 3.8) is 0 Å². The van der Waals surface area contributed by atoms with Gasteiger partial charge in [-0.25, -0.2) is 0 Å². The van der Waals surface area contributed by atoms with Crippen molar-refractivity contribution in [2.24, 2.45) is 11.8 Å². The van der Waals surface area contributed by atoms with Crippen molar-refractivity contribution in [3.05, 3.63) is 0 Å². The molecule has 0 aromatic rings. The van der Waals surface area contributed by atoms with Gasteiger partial charge < -0.3 is 9.22 Å². The van der Waals surface area contributed by atoms with Crippen molar-refractivity contribution in [2.75, 3.05) is 12.5 Å². The number of hydrogen-bond acceptors (Lipinski definition) is 2. The molecule has 158 valence electrons. The van der Waals surface area contributed by atoms with Gasteiger partial charge in [-0.2, -0.15) is 0 Å². The Kier molecular flexibility index (Phi) is 10.2. The normalized spacial score (nSPS) is 23.3. The fourth-order valence-corrected chi connectivity index (χ4v) is 11.8. The zero-order chi connectivity index (χ0) is 21.2. The van der Waals surface area contributed by atoms with E-state index in [9.17, 15) is 0 Å². The Bertz CT molecular complexity index is 420. The average Bonchev–Trinajstić information content (AvgIpc) is 2.93. The first-order chi connectivity index (χ1) is 11.3. The smallest absolute Gasteiger partial charge is 0.178 e. The standard InChI is InChI=1S/C12H30OSi2.C7H11Br2ClO/c1-11(2,3)14(7,8)13-15(9,10)12(4,5)6;8-7(9)5(2-1-3-10)6(7)4-11/h1-10H3;5-6,11H,1-4H2. The largest absolute Gasteiger partial charge is 0.455 e. The number of halogens is 3. The van der Waals surface area contributed by atoms with Crippen LogP contribution < -0.4 is 0 Å². The van der Waals surface area contributed by atoms with Gasteiger partial charge in [0.2, 0.25) is 0 Å². The molecular formula is C19H41Br2ClO2Si2. The van der Waals surface area contributed by atoms with E-state index in [0.717, 1.165) is 12.8 Å². The molecule has 0 aliphatic heterocycles. The van der Waals surface area contributed by atoms with Gasteiger partial charge in [0.1, 0.15) is 0 Å². The van der Waals surface area contributed by atoms with E-state index in [1.807, 2.05) is 0 Å². The van der Waals surface area contributed by atoms with Gasteiger partial charge in [0.25, 0.3) is 0 Å². The van der Waals surface area contributed by atoms with Gasteiger partial charge in [0, 0.05) is 18.4 Å². The summed E-state index contributed by atoms with van der Waals surface area (Å²) in [5, 5.41) is 9.56. The van der Waals surface area contributed by atoms with E-state index in [4.69, 9.17) is 20.8 Å². The molecule has 0 aromatic carbocycles. The van der Waals surface area contributed by atoms with Gasteiger partial charge in [0.15, 0.2) is 16.6 Å². The van der Waals surface area contributed by atoms with Crippen LogP contribution in [0.5, 0.6) is 0 Å². The van der Waals surface area contributed by atoms with Crippen molar-refractivity contribution < 1.29 is 9.22 Å². The molecule has 0 aromatic heterocycles. The minimum atomic E-state index is -1.59. The highest BCUT2D eigenvalue weighted by Gasteiger charge is 2.60. The quantitative estimate of drug-likeness (QED) is 0.270.